The molecule has 7 nitrogen and oxygen atoms in total. The SMILES string of the molecule is Cc1ccc(C)c(S(=O)(=O)NCC(=O)NC2CCN(c3nccs3)C2)c1. The lowest BCUT2D eigenvalue weighted by Crippen LogP contribution is -2.43. The quantitative estimate of drug-likeness (QED) is 0.773. The van der Waals surface area contributed by atoms with Gasteiger partial charge in [0, 0.05) is 30.7 Å². The number of rotatable bonds is 6. The molecule has 1 aliphatic rings. The maximum absolute atomic E-state index is 12.4. The fraction of sp³-hybridized carbons (Fsp3) is 0.412. The molecule has 0 radical (unpaired) electrons. The van der Waals surface area contributed by atoms with Crippen LogP contribution in [0.5, 0.6) is 0 Å². The molecule has 2 heterocycles. The minimum atomic E-state index is -3.72. The number of sulfonamides is 1. The molecular formula is C17H22N4O3S2. The number of aromatic nitrogens is 1. The Kier molecular flexibility index (Phi) is 5.59. The molecular weight excluding hydrogens is 372 g/mol. The fourth-order valence-electron chi connectivity index (χ4n) is 2.94. The number of thiazole rings is 1. The van der Waals surface area contributed by atoms with Crippen molar-refractivity contribution in [1.82, 2.24) is 15.0 Å². The minimum absolute atomic E-state index is 0.00314. The second-order valence-corrected chi connectivity index (χ2v) is 9.02. The van der Waals surface area contributed by atoms with Gasteiger partial charge in [0.2, 0.25) is 15.9 Å². The van der Waals surface area contributed by atoms with Crippen LogP contribution in [0.3, 0.4) is 0 Å². The van der Waals surface area contributed by atoms with Crippen molar-refractivity contribution in [3.63, 3.8) is 0 Å². The van der Waals surface area contributed by atoms with Gasteiger partial charge in [0.05, 0.1) is 11.4 Å². The molecule has 2 aromatic rings. The summed E-state index contributed by atoms with van der Waals surface area (Å²) in [6.07, 6.45) is 2.57. The molecule has 140 valence electrons. The van der Waals surface area contributed by atoms with Gasteiger partial charge >= 0.3 is 0 Å². The lowest BCUT2D eigenvalue weighted by molar-refractivity contribution is -0.120. The summed E-state index contributed by atoms with van der Waals surface area (Å²) in [5.74, 6) is -0.329. The molecule has 3 rings (SSSR count). The van der Waals surface area contributed by atoms with Crippen LogP contribution in [-0.2, 0) is 14.8 Å². The lowest BCUT2D eigenvalue weighted by atomic mass is 10.2. The molecule has 0 spiro atoms. The molecule has 1 unspecified atom stereocenters. The molecule has 0 bridgehead atoms. The van der Waals surface area contributed by atoms with Gasteiger partial charge < -0.3 is 10.2 Å². The van der Waals surface area contributed by atoms with Crippen LogP contribution in [0.4, 0.5) is 5.13 Å². The maximum atomic E-state index is 12.4. The zero-order chi connectivity index (χ0) is 18.7. The largest absolute Gasteiger partial charge is 0.350 e. The first-order chi connectivity index (χ1) is 12.3. The highest BCUT2D eigenvalue weighted by molar-refractivity contribution is 7.89. The number of hydrogen-bond donors (Lipinski definition) is 2. The van der Waals surface area contributed by atoms with Gasteiger partial charge in [-0.2, -0.15) is 0 Å². The van der Waals surface area contributed by atoms with Gasteiger partial charge in [-0.3, -0.25) is 4.79 Å². The first-order valence-electron chi connectivity index (χ1n) is 8.36. The molecule has 1 atom stereocenters. The van der Waals surface area contributed by atoms with E-state index >= 15 is 0 Å². The molecule has 0 saturated carbocycles. The number of nitrogens with one attached hydrogen (secondary N) is 2. The van der Waals surface area contributed by atoms with E-state index in [0.29, 0.717) is 12.1 Å². The molecule has 9 heteroatoms. The smallest absolute Gasteiger partial charge is 0.241 e. The Morgan fingerprint density at radius 2 is 2.19 bits per heavy atom. The predicted octanol–water partition coefficient (Wildman–Crippen LogP) is 1.43. The number of amides is 1. The highest BCUT2D eigenvalue weighted by atomic mass is 32.2. The molecule has 1 saturated heterocycles. The van der Waals surface area contributed by atoms with Crippen LogP contribution in [0.25, 0.3) is 0 Å². The molecule has 1 aromatic heterocycles. The van der Waals surface area contributed by atoms with E-state index in [2.05, 4.69) is 19.9 Å². The van der Waals surface area contributed by atoms with Crippen LogP contribution in [0.15, 0.2) is 34.7 Å². The normalized spacial score (nSPS) is 17.5. The third-order valence-electron chi connectivity index (χ3n) is 4.30. The first-order valence-corrected chi connectivity index (χ1v) is 10.7. The van der Waals surface area contributed by atoms with Crippen LogP contribution < -0.4 is 14.9 Å². The third kappa shape index (κ3) is 4.40. The Hall–Kier alpha value is -1.97. The Bertz CT molecular complexity index is 881. The summed E-state index contributed by atoms with van der Waals surface area (Å²) in [7, 11) is -3.72. The van der Waals surface area contributed by atoms with Crippen LogP contribution in [-0.4, -0.2) is 45.0 Å². The number of carbonyl (C=O) groups is 1. The second kappa shape index (κ2) is 7.73. The topological polar surface area (TPSA) is 91.4 Å². The molecule has 1 fully saturated rings. The van der Waals surface area contributed by atoms with Gasteiger partial charge in [0.25, 0.3) is 0 Å². The Morgan fingerprint density at radius 3 is 2.92 bits per heavy atom. The van der Waals surface area contributed by atoms with Crippen molar-refractivity contribution >= 4 is 32.4 Å². The summed E-state index contributed by atoms with van der Waals surface area (Å²) in [5.41, 5.74) is 1.51. The van der Waals surface area contributed by atoms with E-state index < -0.39 is 10.0 Å². The van der Waals surface area contributed by atoms with E-state index in [1.54, 1.807) is 36.6 Å². The summed E-state index contributed by atoms with van der Waals surface area (Å²) in [5, 5.41) is 5.75. The van der Waals surface area contributed by atoms with Gasteiger partial charge in [-0.15, -0.1) is 11.3 Å². The van der Waals surface area contributed by atoms with Gasteiger partial charge in [0.1, 0.15) is 0 Å². The number of nitrogens with zero attached hydrogens (tertiary/aromatic N) is 2. The highest BCUT2D eigenvalue weighted by Crippen LogP contribution is 2.22. The first kappa shape index (κ1) is 18.8. The van der Waals surface area contributed by atoms with Crippen molar-refractivity contribution in [2.45, 2.75) is 31.2 Å². The average Bonchev–Trinajstić information content (AvgIpc) is 3.26. The number of anilines is 1. The van der Waals surface area contributed by atoms with E-state index in [0.717, 1.165) is 23.7 Å². The summed E-state index contributed by atoms with van der Waals surface area (Å²) < 4.78 is 27.3. The summed E-state index contributed by atoms with van der Waals surface area (Å²) >= 11 is 1.57. The van der Waals surface area contributed by atoms with E-state index in [9.17, 15) is 13.2 Å². The van der Waals surface area contributed by atoms with E-state index in [4.69, 9.17) is 0 Å². The average molecular weight is 395 g/mol. The Labute approximate surface area is 157 Å². The van der Waals surface area contributed by atoms with E-state index in [1.165, 1.54) is 0 Å². The standard InChI is InChI=1S/C17H22N4O3S2/c1-12-3-4-13(2)15(9-12)26(23,24)19-10-16(22)20-14-5-7-21(11-14)17-18-6-8-25-17/h3-4,6,8-9,14,19H,5,7,10-11H2,1-2H3,(H,20,22). The van der Waals surface area contributed by atoms with Crippen LogP contribution >= 0.6 is 11.3 Å². The van der Waals surface area contributed by atoms with Gasteiger partial charge in [-0.25, -0.2) is 18.1 Å². The summed E-state index contributed by atoms with van der Waals surface area (Å²) in [6, 6.07) is 5.22. The van der Waals surface area contributed by atoms with Gasteiger partial charge in [-0.1, -0.05) is 12.1 Å². The van der Waals surface area contributed by atoms with E-state index in [-0.39, 0.29) is 23.4 Å². The third-order valence-corrected chi connectivity index (χ3v) is 6.67. The van der Waals surface area contributed by atoms with Crippen molar-refractivity contribution in [2.75, 3.05) is 24.5 Å². The van der Waals surface area contributed by atoms with Crippen molar-refractivity contribution in [1.29, 1.82) is 0 Å². The fourth-order valence-corrected chi connectivity index (χ4v) is 4.93. The van der Waals surface area contributed by atoms with Crippen molar-refractivity contribution in [3.05, 3.63) is 40.9 Å². The lowest BCUT2D eigenvalue weighted by Gasteiger charge is -2.16. The minimum Gasteiger partial charge on any atom is -0.350 e. The Morgan fingerprint density at radius 1 is 1.38 bits per heavy atom. The highest BCUT2D eigenvalue weighted by Gasteiger charge is 2.26. The van der Waals surface area contributed by atoms with Crippen molar-refractivity contribution in [2.24, 2.45) is 0 Å². The molecule has 26 heavy (non-hydrogen) atoms. The summed E-state index contributed by atoms with van der Waals surface area (Å²) in [4.78, 5) is 18.8. The zero-order valence-corrected chi connectivity index (χ0v) is 16.4. The van der Waals surface area contributed by atoms with Crippen molar-refractivity contribution < 1.29 is 13.2 Å². The van der Waals surface area contributed by atoms with Crippen LogP contribution in [0.2, 0.25) is 0 Å². The number of carbonyl (C=O) groups excluding carboxylic acids is 1. The molecule has 1 aromatic carbocycles. The molecule has 2 N–H and O–H groups in total. The summed E-state index contributed by atoms with van der Waals surface area (Å²) in [6.45, 7) is 4.80. The number of hydrogen-bond acceptors (Lipinski definition) is 6. The monoisotopic (exact) mass is 394 g/mol. The predicted molar refractivity (Wildman–Crippen MR) is 102 cm³/mol. The van der Waals surface area contributed by atoms with Gasteiger partial charge in [-0.05, 0) is 37.5 Å². The van der Waals surface area contributed by atoms with Crippen LogP contribution in [0, 0.1) is 13.8 Å². The van der Waals surface area contributed by atoms with Gasteiger partial charge in [0.15, 0.2) is 5.13 Å². The number of aryl methyl sites for hydroxylation is 2. The Balaban J connectivity index is 1.53. The van der Waals surface area contributed by atoms with E-state index in [1.807, 2.05) is 18.4 Å². The zero-order valence-electron chi connectivity index (χ0n) is 14.7. The maximum Gasteiger partial charge on any atom is 0.241 e. The second-order valence-electron chi connectivity index (χ2n) is 6.41. The molecule has 0 aliphatic carbocycles. The molecule has 1 amide bonds. The molecule has 1 aliphatic heterocycles. The van der Waals surface area contributed by atoms with Crippen molar-refractivity contribution in [3.8, 4) is 0 Å². The number of benzene rings is 1. The van der Waals surface area contributed by atoms with Crippen LogP contribution in [0.1, 0.15) is 17.5 Å².